The number of aromatic nitrogens is 5. The standard InChI is InChI=1S/C17H17N5O2S2/c1-2-24-15(23)12-26-17-21-20-14(11-25-16-18-9-6-10-19-16)22(17)13-7-4-3-5-8-13/h3-10H,2,11-12H2,1H3. The number of para-hydroxylation sites is 1. The molecule has 3 aromatic rings. The van der Waals surface area contributed by atoms with Gasteiger partial charge in [0.1, 0.15) is 5.82 Å². The van der Waals surface area contributed by atoms with Crippen LogP contribution in [-0.4, -0.2) is 43.1 Å². The van der Waals surface area contributed by atoms with Gasteiger partial charge in [0.25, 0.3) is 0 Å². The highest BCUT2D eigenvalue weighted by atomic mass is 32.2. The van der Waals surface area contributed by atoms with Gasteiger partial charge in [-0.15, -0.1) is 10.2 Å². The van der Waals surface area contributed by atoms with E-state index in [0.29, 0.717) is 22.7 Å². The lowest BCUT2D eigenvalue weighted by molar-refractivity contribution is -0.139. The minimum atomic E-state index is -0.270. The van der Waals surface area contributed by atoms with Gasteiger partial charge in [-0.3, -0.25) is 9.36 Å². The average molecular weight is 387 g/mol. The first-order chi connectivity index (χ1) is 12.8. The minimum absolute atomic E-state index is 0.188. The van der Waals surface area contributed by atoms with Gasteiger partial charge in [-0.2, -0.15) is 0 Å². The third-order valence-electron chi connectivity index (χ3n) is 3.21. The van der Waals surface area contributed by atoms with Crippen LogP contribution in [0.1, 0.15) is 12.7 Å². The molecule has 0 N–H and O–H groups in total. The van der Waals surface area contributed by atoms with E-state index in [4.69, 9.17) is 4.74 Å². The van der Waals surface area contributed by atoms with E-state index in [2.05, 4.69) is 20.2 Å². The van der Waals surface area contributed by atoms with Crippen molar-refractivity contribution in [2.75, 3.05) is 12.4 Å². The summed E-state index contributed by atoms with van der Waals surface area (Å²) in [4.78, 5) is 20.1. The minimum Gasteiger partial charge on any atom is -0.465 e. The molecule has 7 nitrogen and oxygen atoms in total. The third kappa shape index (κ3) is 4.83. The second-order valence-corrected chi connectivity index (χ2v) is 6.87. The molecule has 26 heavy (non-hydrogen) atoms. The van der Waals surface area contributed by atoms with E-state index in [0.717, 1.165) is 11.5 Å². The van der Waals surface area contributed by atoms with Gasteiger partial charge in [0.2, 0.25) is 0 Å². The SMILES string of the molecule is CCOC(=O)CSc1nnc(CSc2ncccn2)n1-c1ccccc1. The molecule has 0 amide bonds. The summed E-state index contributed by atoms with van der Waals surface area (Å²) in [5, 5.41) is 9.87. The van der Waals surface area contributed by atoms with Crippen LogP contribution in [0.3, 0.4) is 0 Å². The van der Waals surface area contributed by atoms with Crippen molar-refractivity contribution < 1.29 is 9.53 Å². The fraction of sp³-hybridized carbons (Fsp3) is 0.235. The lowest BCUT2D eigenvalue weighted by atomic mass is 10.3. The molecule has 3 rings (SSSR count). The Balaban J connectivity index is 1.81. The van der Waals surface area contributed by atoms with Crippen LogP contribution in [0.5, 0.6) is 0 Å². The average Bonchev–Trinajstić information content (AvgIpc) is 3.09. The lowest BCUT2D eigenvalue weighted by Crippen LogP contribution is -2.08. The molecular formula is C17H17N5O2S2. The molecule has 0 saturated carbocycles. The quantitative estimate of drug-likeness (QED) is 0.331. The van der Waals surface area contributed by atoms with E-state index in [1.54, 1.807) is 25.4 Å². The fourth-order valence-electron chi connectivity index (χ4n) is 2.14. The number of rotatable bonds is 8. The molecule has 0 spiro atoms. The van der Waals surface area contributed by atoms with Gasteiger partial charge in [0, 0.05) is 18.1 Å². The molecule has 0 unspecified atom stereocenters. The number of esters is 1. The summed E-state index contributed by atoms with van der Waals surface area (Å²) < 4.78 is 6.93. The molecule has 0 atom stereocenters. The fourth-order valence-corrected chi connectivity index (χ4v) is 3.62. The van der Waals surface area contributed by atoms with E-state index in [1.165, 1.54) is 23.5 Å². The highest BCUT2D eigenvalue weighted by Gasteiger charge is 2.16. The second kappa shape index (κ2) is 9.35. The van der Waals surface area contributed by atoms with Crippen molar-refractivity contribution in [3.63, 3.8) is 0 Å². The maximum Gasteiger partial charge on any atom is 0.316 e. The highest BCUT2D eigenvalue weighted by Crippen LogP contribution is 2.25. The first-order valence-corrected chi connectivity index (χ1v) is 9.93. The molecule has 0 aliphatic carbocycles. The number of carbonyl (C=O) groups is 1. The number of benzene rings is 1. The molecule has 0 aliphatic heterocycles. The van der Waals surface area contributed by atoms with E-state index >= 15 is 0 Å². The Labute approximate surface area is 159 Å². The van der Waals surface area contributed by atoms with Crippen molar-refractivity contribution in [3.05, 3.63) is 54.6 Å². The summed E-state index contributed by atoms with van der Waals surface area (Å²) in [5.74, 6) is 1.24. The van der Waals surface area contributed by atoms with Crippen LogP contribution in [0, 0.1) is 0 Å². The van der Waals surface area contributed by atoms with Crippen LogP contribution in [0.2, 0.25) is 0 Å². The van der Waals surface area contributed by atoms with Crippen LogP contribution in [0.15, 0.2) is 59.1 Å². The molecular weight excluding hydrogens is 370 g/mol. The van der Waals surface area contributed by atoms with Crippen LogP contribution in [0.25, 0.3) is 5.69 Å². The molecule has 0 fully saturated rings. The van der Waals surface area contributed by atoms with E-state index in [-0.39, 0.29) is 11.7 Å². The summed E-state index contributed by atoms with van der Waals surface area (Å²) in [7, 11) is 0. The summed E-state index contributed by atoms with van der Waals surface area (Å²) in [5.41, 5.74) is 0.938. The van der Waals surface area contributed by atoms with Crippen molar-refractivity contribution >= 4 is 29.5 Å². The Morgan fingerprint density at radius 1 is 1.08 bits per heavy atom. The Morgan fingerprint density at radius 2 is 1.85 bits per heavy atom. The van der Waals surface area contributed by atoms with Gasteiger partial charge in [-0.05, 0) is 25.1 Å². The second-order valence-electron chi connectivity index (χ2n) is 4.98. The first kappa shape index (κ1) is 18.4. The number of carbonyl (C=O) groups excluding carboxylic acids is 1. The summed E-state index contributed by atoms with van der Waals surface area (Å²) >= 11 is 2.79. The van der Waals surface area contributed by atoms with E-state index in [9.17, 15) is 4.79 Å². The van der Waals surface area contributed by atoms with E-state index < -0.39 is 0 Å². The van der Waals surface area contributed by atoms with Crippen molar-refractivity contribution in [1.82, 2.24) is 24.7 Å². The number of ether oxygens (including phenoxy) is 1. The van der Waals surface area contributed by atoms with Gasteiger partial charge >= 0.3 is 5.97 Å². The molecule has 0 bridgehead atoms. The predicted octanol–water partition coefficient (Wildman–Crippen LogP) is 3.00. The number of hydrogen-bond donors (Lipinski definition) is 0. The Bertz CT molecular complexity index is 843. The number of hydrogen-bond acceptors (Lipinski definition) is 8. The molecule has 1 aromatic carbocycles. The third-order valence-corrected chi connectivity index (χ3v) is 4.99. The molecule has 2 aromatic heterocycles. The molecule has 9 heteroatoms. The van der Waals surface area contributed by atoms with Gasteiger partial charge in [0.15, 0.2) is 10.3 Å². The summed E-state index contributed by atoms with van der Waals surface area (Å²) in [6.07, 6.45) is 3.41. The topological polar surface area (TPSA) is 82.8 Å². The Kier molecular flexibility index (Phi) is 6.62. The predicted molar refractivity (Wildman–Crippen MR) is 100 cm³/mol. The highest BCUT2D eigenvalue weighted by molar-refractivity contribution is 7.99. The van der Waals surface area contributed by atoms with Crippen LogP contribution >= 0.6 is 23.5 Å². The maximum atomic E-state index is 11.7. The molecule has 134 valence electrons. The Hall–Kier alpha value is -2.39. The van der Waals surface area contributed by atoms with Crippen molar-refractivity contribution in [1.29, 1.82) is 0 Å². The van der Waals surface area contributed by atoms with Crippen molar-refractivity contribution in [3.8, 4) is 5.69 Å². The number of thioether (sulfide) groups is 2. The number of nitrogens with zero attached hydrogens (tertiary/aromatic N) is 5. The largest absolute Gasteiger partial charge is 0.465 e. The smallest absolute Gasteiger partial charge is 0.316 e. The van der Waals surface area contributed by atoms with Gasteiger partial charge < -0.3 is 4.74 Å². The molecule has 0 aliphatic rings. The maximum absolute atomic E-state index is 11.7. The van der Waals surface area contributed by atoms with Crippen molar-refractivity contribution in [2.24, 2.45) is 0 Å². The zero-order valence-corrected chi connectivity index (χ0v) is 15.7. The molecule has 2 heterocycles. The zero-order valence-electron chi connectivity index (χ0n) is 14.1. The van der Waals surface area contributed by atoms with Gasteiger partial charge in [0.05, 0.1) is 18.1 Å². The van der Waals surface area contributed by atoms with Crippen LogP contribution < -0.4 is 0 Å². The summed E-state index contributed by atoms with van der Waals surface area (Å²) in [6.45, 7) is 2.15. The molecule has 0 radical (unpaired) electrons. The lowest BCUT2D eigenvalue weighted by Gasteiger charge is -2.09. The van der Waals surface area contributed by atoms with Gasteiger partial charge in [-0.1, -0.05) is 41.7 Å². The monoisotopic (exact) mass is 387 g/mol. The van der Waals surface area contributed by atoms with Gasteiger partial charge in [-0.25, -0.2) is 9.97 Å². The zero-order chi connectivity index (χ0) is 18.2. The van der Waals surface area contributed by atoms with Crippen LogP contribution in [0.4, 0.5) is 0 Å². The Morgan fingerprint density at radius 3 is 2.58 bits per heavy atom. The summed E-state index contributed by atoms with van der Waals surface area (Å²) in [6, 6.07) is 11.6. The van der Waals surface area contributed by atoms with Crippen LogP contribution in [-0.2, 0) is 15.3 Å². The molecule has 0 saturated heterocycles. The normalized spacial score (nSPS) is 10.7. The van der Waals surface area contributed by atoms with E-state index in [1.807, 2.05) is 34.9 Å². The van der Waals surface area contributed by atoms with Crippen molar-refractivity contribution in [2.45, 2.75) is 23.0 Å². The first-order valence-electron chi connectivity index (χ1n) is 7.96.